The number of hydrogen-bond acceptors (Lipinski definition) is 5. The summed E-state index contributed by atoms with van der Waals surface area (Å²) < 4.78 is 30.0. The van der Waals surface area contributed by atoms with Gasteiger partial charge in [0.1, 0.15) is 5.78 Å². The molecule has 1 atom stereocenters. The summed E-state index contributed by atoms with van der Waals surface area (Å²) in [5.41, 5.74) is 0. The van der Waals surface area contributed by atoms with Crippen LogP contribution in [-0.2, 0) is 24.3 Å². The first-order valence-corrected chi connectivity index (χ1v) is 7.62. The molecule has 1 fully saturated rings. The molecule has 0 aromatic heterocycles. The number of carbonyl (C=O) groups is 2. The highest BCUT2D eigenvalue weighted by atomic mass is 32.2. The highest BCUT2D eigenvalue weighted by molar-refractivity contribution is 7.89. The third-order valence-corrected chi connectivity index (χ3v) is 4.60. The Morgan fingerprint density at radius 1 is 1.39 bits per heavy atom. The summed E-state index contributed by atoms with van der Waals surface area (Å²) in [6, 6.07) is -0.304. The van der Waals surface area contributed by atoms with Crippen LogP contribution in [0.4, 0.5) is 0 Å². The van der Waals surface area contributed by atoms with Gasteiger partial charge in [0, 0.05) is 19.0 Å². The quantitative estimate of drug-likeness (QED) is 0.653. The van der Waals surface area contributed by atoms with Crippen molar-refractivity contribution in [1.29, 1.82) is 0 Å². The van der Waals surface area contributed by atoms with Crippen LogP contribution in [0.15, 0.2) is 0 Å². The van der Waals surface area contributed by atoms with Crippen LogP contribution in [0.3, 0.4) is 0 Å². The van der Waals surface area contributed by atoms with Crippen LogP contribution in [0, 0.1) is 0 Å². The van der Waals surface area contributed by atoms with Gasteiger partial charge in [-0.2, -0.15) is 4.31 Å². The maximum atomic E-state index is 12.0. The van der Waals surface area contributed by atoms with E-state index in [1.807, 2.05) is 0 Å². The van der Waals surface area contributed by atoms with Crippen molar-refractivity contribution in [2.45, 2.75) is 39.2 Å². The van der Waals surface area contributed by atoms with Gasteiger partial charge in [0.2, 0.25) is 10.0 Å². The lowest BCUT2D eigenvalue weighted by molar-refractivity contribution is -0.140. The Labute approximate surface area is 107 Å². The Morgan fingerprint density at radius 2 is 2.06 bits per heavy atom. The summed E-state index contributed by atoms with van der Waals surface area (Å²) in [5, 5.41) is 0. The van der Waals surface area contributed by atoms with Gasteiger partial charge in [0.05, 0.1) is 6.61 Å². The zero-order chi connectivity index (χ0) is 13.8. The van der Waals surface area contributed by atoms with E-state index >= 15 is 0 Å². The molecule has 0 amide bonds. The van der Waals surface area contributed by atoms with Crippen molar-refractivity contribution >= 4 is 21.8 Å². The second-order valence-corrected chi connectivity index (χ2v) is 6.30. The lowest BCUT2D eigenvalue weighted by Gasteiger charge is -2.22. The second-order valence-electron chi connectivity index (χ2n) is 4.37. The zero-order valence-electron chi connectivity index (χ0n) is 10.7. The van der Waals surface area contributed by atoms with Crippen molar-refractivity contribution in [1.82, 2.24) is 4.31 Å². The number of sulfonamides is 1. The van der Waals surface area contributed by atoms with E-state index in [9.17, 15) is 18.0 Å². The van der Waals surface area contributed by atoms with Crippen molar-refractivity contribution in [2.24, 2.45) is 0 Å². The summed E-state index contributed by atoms with van der Waals surface area (Å²) in [7, 11) is -3.67. The van der Waals surface area contributed by atoms with E-state index in [1.165, 1.54) is 11.2 Å². The Hall–Kier alpha value is -0.950. The molecule has 0 N–H and O–H groups in total. The number of hydrogen-bond donors (Lipinski definition) is 0. The second kappa shape index (κ2) is 6.29. The molecule has 6 nitrogen and oxygen atoms in total. The molecule has 0 spiro atoms. The molecule has 0 aromatic carbocycles. The fourth-order valence-electron chi connectivity index (χ4n) is 2.15. The number of ketones is 1. The minimum atomic E-state index is -3.67. The highest BCUT2D eigenvalue weighted by Gasteiger charge is 2.36. The molecule has 0 aliphatic carbocycles. The Balaban J connectivity index is 2.71. The van der Waals surface area contributed by atoms with Crippen molar-refractivity contribution in [3.8, 4) is 0 Å². The van der Waals surface area contributed by atoms with Crippen molar-refractivity contribution in [3.63, 3.8) is 0 Å². The number of esters is 1. The van der Waals surface area contributed by atoms with Gasteiger partial charge < -0.3 is 4.74 Å². The fourth-order valence-corrected chi connectivity index (χ4v) is 3.73. The fraction of sp³-hybridized carbons (Fsp3) is 0.818. The number of rotatable bonds is 6. The van der Waals surface area contributed by atoms with Gasteiger partial charge in [-0.05, 0) is 26.7 Å². The van der Waals surface area contributed by atoms with Crippen molar-refractivity contribution in [3.05, 3.63) is 0 Å². The van der Waals surface area contributed by atoms with Crippen LogP contribution >= 0.6 is 0 Å². The van der Waals surface area contributed by atoms with Gasteiger partial charge >= 0.3 is 5.97 Å². The van der Waals surface area contributed by atoms with Gasteiger partial charge in [-0.1, -0.05) is 0 Å². The van der Waals surface area contributed by atoms with Gasteiger partial charge in [-0.15, -0.1) is 0 Å². The Morgan fingerprint density at radius 3 is 2.61 bits per heavy atom. The third kappa shape index (κ3) is 4.06. The number of carbonyl (C=O) groups excluding carboxylic acids is 2. The standard InChI is InChI=1S/C11H19NO5S/c1-3-17-11(14)8-18(15,16)12-6-4-5-10(12)7-9(2)13/h10H,3-8H2,1-2H3. The maximum Gasteiger partial charge on any atom is 0.322 e. The zero-order valence-corrected chi connectivity index (χ0v) is 11.5. The first kappa shape index (κ1) is 15.1. The molecular formula is C11H19NO5S. The molecule has 7 heteroatoms. The van der Waals surface area contributed by atoms with Crippen LogP contribution in [-0.4, -0.2) is 49.4 Å². The third-order valence-electron chi connectivity index (χ3n) is 2.81. The van der Waals surface area contributed by atoms with Crippen molar-refractivity contribution in [2.75, 3.05) is 18.9 Å². The van der Waals surface area contributed by atoms with Crippen LogP contribution in [0.2, 0.25) is 0 Å². The largest absolute Gasteiger partial charge is 0.465 e. The minimum Gasteiger partial charge on any atom is -0.465 e. The van der Waals surface area contributed by atoms with Gasteiger partial charge in [-0.3, -0.25) is 9.59 Å². The Bertz CT molecular complexity index is 417. The van der Waals surface area contributed by atoms with Crippen LogP contribution in [0.1, 0.15) is 33.1 Å². The minimum absolute atomic E-state index is 0.0433. The molecule has 0 saturated carbocycles. The molecule has 1 unspecified atom stereocenters. The monoisotopic (exact) mass is 277 g/mol. The topological polar surface area (TPSA) is 80.8 Å². The van der Waals surface area contributed by atoms with E-state index < -0.39 is 21.7 Å². The summed E-state index contributed by atoms with van der Waals surface area (Å²) in [6.07, 6.45) is 1.60. The van der Waals surface area contributed by atoms with Gasteiger partial charge in [0.25, 0.3) is 0 Å². The molecule has 1 saturated heterocycles. The average Bonchev–Trinajstić information content (AvgIpc) is 2.64. The smallest absolute Gasteiger partial charge is 0.322 e. The maximum absolute atomic E-state index is 12.0. The normalized spacial score (nSPS) is 20.9. The summed E-state index contributed by atoms with van der Waals surface area (Å²) in [4.78, 5) is 22.3. The molecule has 18 heavy (non-hydrogen) atoms. The summed E-state index contributed by atoms with van der Waals surface area (Å²) in [6.45, 7) is 3.60. The average molecular weight is 277 g/mol. The van der Waals surface area contributed by atoms with Gasteiger partial charge in [0.15, 0.2) is 5.75 Å². The number of ether oxygens (including phenoxy) is 1. The van der Waals surface area contributed by atoms with E-state index in [1.54, 1.807) is 6.92 Å². The molecular weight excluding hydrogens is 258 g/mol. The predicted octanol–water partition coefficient (Wildman–Crippen LogP) is 0.323. The first-order valence-electron chi connectivity index (χ1n) is 6.01. The molecule has 1 aliphatic rings. The van der Waals surface area contributed by atoms with Crippen LogP contribution < -0.4 is 0 Å². The molecule has 1 heterocycles. The Kier molecular flexibility index (Phi) is 5.28. The molecule has 1 aliphatic heterocycles. The lowest BCUT2D eigenvalue weighted by atomic mass is 10.1. The molecule has 0 aromatic rings. The van der Waals surface area contributed by atoms with E-state index in [-0.39, 0.29) is 24.9 Å². The van der Waals surface area contributed by atoms with Gasteiger partial charge in [-0.25, -0.2) is 8.42 Å². The summed E-state index contributed by atoms with van der Waals surface area (Å²) in [5.74, 6) is -1.43. The molecule has 0 bridgehead atoms. The molecule has 1 rings (SSSR count). The van der Waals surface area contributed by atoms with Crippen LogP contribution in [0.5, 0.6) is 0 Å². The van der Waals surface area contributed by atoms with E-state index in [0.29, 0.717) is 13.0 Å². The van der Waals surface area contributed by atoms with E-state index in [0.717, 1.165) is 6.42 Å². The number of nitrogens with zero attached hydrogens (tertiary/aromatic N) is 1. The molecule has 104 valence electrons. The summed E-state index contributed by atoms with van der Waals surface area (Å²) >= 11 is 0. The van der Waals surface area contributed by atoms with Crippen LogP contribution in [0.25, 0.3) is 0 Å². The molecule has 0 radical (unpaired) electrons. The SMILES string of the molecule is CCOC(=O)CS(=O)(=O)N1CCCC1CC(C)=O. The first-order chi connectivity index (χ1) is 8.36. The highest BCUT2D eigenvalue weighted by Crippen LogP contribution is 2.24. The lowest BCUT2D eigenvalue weighted by Crippen LogP contribution is -2.40. The van der Waals surface area contributed by atoms with E-state index in [2.05, 4.69) is 4.74 Å². The number of Topliss-reactive ketones (excluding diaryl/α,β-unsaturated/α-hetero) is 1. The predicted molar refractivity (Wildman–Crippen MR) is 65.4 cm³/mol. The van der Waals surface area contributed by atoms with Crippen molar-refractivity contribution < 1.29 is 22.7 Å². The van der Waals surface area contributed by atoms with E-state index in [4.69, 9.17) is 0 Å².